The number of fused-ring (bicyclic) bond motifs is 1. The second-order valence-electron chi connectivity index (χ2n) is 6.16. The number of nitrogens with two attached hydrogens (primary N) is 1. The molecule has 1 unspecified atom stereocenters. The number of hydrogen-bond acceptors (Lipinski definition) is 4. The van der Waals surface area contributed by atoms with Crippen LogP contribution in [0, 0.1) is 0 Å². The number of ether oxygens (including phenoxy) is 2. The van der Waals surface area contributed by atoms with Crippen molar-refractivity contribution in [2.75, 3.05) is 18.9 Å². The SMILES string of the molecule is CCOc1ccc(OCC(=O)NC2CCCc3cc(N)ccc32)cc1. The molecule has 0 fully saturated rings. The molecule has 0 heterocycles. The summed E-state index contributed by atoms with van der Waals surface area (Å²) in [5, 5.41) is 3.07. The molecule has 3 N–H and O–H groups in total. The number of aryl methyl sites for hydroxylation is 1. The lowest BCUT2D eigenvalue weighted by molar-refractivity contribution is -0.123. The predicted molar refractivity (Wildman–Crippen MR) is 97.8 cm³/mol. The molecule has 5 nitrogen and oxygen atoms in total. The highest BCUT2D eigenvalue weighted by Crippen LogP contribution is 2.30. The minimum atomic E-state index is -0.122. The summed E-state index contributed by atoms with van der Waals surface area (Å²) in [4.78, 5) is 12.2. The second-order valence-corrected chi connectivity index (χ2v) is 6.16. The number of nitrogen functional groups attached to an aromatic ring is 1. The maximum atomic E-state index is 12.2. The Labute approximate surface area is 148 Å². The minimum Gasteiger partial charge on any atom is -0.494 e. The van der Waals surface area contributed by atoms with Gasteiger partial charge in [0.1, 0.15) is 11.5 Å². The topological polar surface area (TPSA) is 73.6 Å². The van der Waals surface area contributed by atoms with Crippen LogP contribution >= 0.6 is 0 Å². The summed E-state index contributed by atoms with van der Waals surface area (Å²) >= 11 is 0. The zero-order valence-corrected chi connectivity index (χ0v) is 14.5. The van der Waals surface area contributed by atoms with Crippen molar-refractivity contribution in [2.24, 2.45) is 0 Å². The van der Waals surface area contributed by atoms with Crippen molar-refractivity contribution in [2.45, 2.75) is 32.2 Å². The van der Waals surface area contributed by atoms with Gasteiger partial charge in [-0.3, -0.25) is 4.79 Å². The van der Waals surface area contributed by atoms with Crippen molar-refractivity contribution in [1.29, 1.82) is 0 Å². The van der Waals surface area contributed by atoms with Crippen molar-refractivity contribution in [3.8, 4) is 11.5 Å². The van der Waals surface area contributed by atoms with E-state index in [-0.39, 0.29) is 18.6 Å². The third-order valence-electron chi connectivity index (χ3n) is 4.32. The van der Waals surface area contributed by atoms with Crippen molar-refractivity contribution in [3.05, 3.63) is 53.6 Å². The van der Waals surface area contributed by atoms with Gasteiger partial charge in [0, 0.05) is 5.69 Å². The van der Waals surface area contributed by atoms with E-state index in [0.29, 0.717) is 12.4 Å². The number of carbonyl (C=O) groups is 1. The average Bonchev–Trinajstić information content (AvgIpc) is 2.61. The van der Waals surface area contributed by atoms with E-state index in [1.165, 1.54) is 5.56 Å². The Bertz CT molecular complexity index is 728. The summed E-state index contributed by atoms with van der Waals surface area (Å²) in [6, 6.07) is 13.2. The fourth-order valence-electron chi connectivity index (χ4n) is 3.17. The summed E-state index contributed by atoms with van der Waals surface area (Å²) in [5.41, 5.74) is 9.01. The standard InChI is InChI=1S/C20H24N2O3/c1-2-24-16-7-9-17(10-8-16)25-13-20(23)22-19-5-3-4-14-12-15(21)6-11-18(14)19/h6-12,19H,2-5,13,21H2,1H3,(H,22,23). The van der Waals surface area contributed by atoms with Crippen LogP contribution in [0.2, 0.25) is 0 Å². The van der Waals surface area contributed by atoms with Crippen LogP contribution in [0.4, 0.5) is 5.69 Å². The average molecular weight is 340 g/mol. The number of rotatable bonds is 6. The fourth-order valence-corrected chi connectivity index (χ4v) is 3.17. The fraction of sp³-hybridized carbons (Fsp3) is 0.350. The molecule has 1 aliphatic carbocycles. The Kier molecular flexibility index (Phi) is 5.43. The third kappa shape index (κ3) is 4.44. The molecule has 132 valence electrons. The predicted octanol–water partition coefficient (Wildman–Crippen LogP) is 3.24. The van der Waals surface area contributed by atoms with Gasteiger partial charge in [0.05, 0.1) is 12.6 Å². The Morgan fingerprint density at radius 3 is 2.60 bits per heavy atom. The van der Waals surface area contributed by atoms with E-state index in [2.05, 4.69) is 5.32 Å². The molecule has 1 atom stereocenters. The lowest BCUT2D eigenvalue weighted by Crippen LogP contribution is -2.34. The Morgan fingerprint density at radius 1 is 1.16 bits per heavy atom. The zero-order chi connectivity index (χ0) is 17.6. The van der Waals surface area contributed by atoms with Crippen LogP contribution in [0.3, 0.4) is 0 Å². The van der Waals surface area contributed by atoms with Gasteiger partial charge < -0.3 is 20.5 Å². The van der Waals surface area contributed by atoms with Crippen LogP contribution in [-0.4, -0.2) is 19.1 Å². The van der Waals surface area contributed by atoms with Gasteiger partial charge >= 0.3 is 0 Å². The molecule has 0 saturated carbocycles. The van der Waals surface area contributed by atoms with Crippen LogP contribution in [0.25, 0.3) is 0 Å². The molecular formula is C20H24N2O3. The Morgan fingerprint density at radius 2 is 1.88 bits per heavy atom. The van der Waals surface area contributed by atoms with Crippen LogP contribution in [0.15, 0.2) is 42.5 Å². The van der Waals surface area contributed by atoms with E-state index in [4.69, 9.17) is 15.2 Å². The molecule has 0 spiro atoms. The molecule has 2 aromatic carbocycles. The van der Waals surface area contributed by atoms with Crippen LogP contribution in [0.5, 0.6) is 11.5 Å². The molecule has 25 heavy (non-hydrogen) atoms. The highest BCUT2D eigenvalue weighted by Gasteiger charge is 2.22. The summed E-state index contributed by atoms with van der Waals surface area (Å²) in [5.74, 6) is 1.32. The maximum absolute atomic E-state index is 12.2. The summed E-state index contributed by atoms with van der Waals surface area (Å²) in [6.07, 6.45) is 2.99. The van der Waals surface area contributed by atoms with Gasteiger partial charge in [-0.2, -0.15) is 0 Å². The largest absolute Gasteiger partial charge is 0.494 e. The normalized spacial score (nSPS) is 16.0. The number of hydrogen-bond donors (Lipinski definition) is 2. The molecule has 0 bridgehead atoms. The quantitative estimate of drug-likeness (QED) is 0.792. The first kappa shape index (κ1) is 17.1. The molecule has 1 amide bonds. The smallest absolute Gasteiger partial charge is 0.258 e. The molecule has 2 aromatic rings. The number of carbonyl (C=O) groups excluding carboxylic acids is 1. The minimum absolute atomic E-state index is 0.00517. The highest BCUT2D eigenvalue weighted by atomic mass is 16.5. The summed E-state index contributed by atoms with van der Waals surface area (Å²) in [7, 11) is 0. The van der Waals surface area contributed by atoms with Gasteiger partial charge in [0.2, 0.25) is 0 Å². The second kappa shape index (κ2) is 7.92. The van der Waals surface area contributed by atoms with E-state index in [0.717, 1.165) is 36.3 Å². The van der Waals surface area contributed by atoms with Gasteiger partial charge in [0.15, 0.2) is 6.61 Å². The van der Waals surface area contributed by atoms with E-state index in [9.17, 15) is 4.79 Å². The maximum Gasteiger partial charge on any atom is 0.258 e. The van der Waals surface area contributed by atoms with Crippen LogP contribution in [0.1, 0.15) is 36.9 Å². The number of amides is 1. The molecule has 3 rings (SSSR count). The first-order valence-electron chi connectivity index (χ1n) is 8.69. The van der Waals surface area contributed by atoms with E-state index in [1.807, 2.05) is 37.3 Å². The van der Waals surface area contributed by atoms with Gasteiger partial charge in [0.25, 0.3) is 5.91 Å². The first-order valence-corrected chi connectivity index (χ1v) is 8.69. The number of anilines is 1. The molecule has 0 aromatic heterocycles. The van der Waals surface area contributed by atoms with Crippen molar-refractivity contribution < 1.29 is 14.3 Å². The van der Waals surface area contributed by atoms with E-state index >= 15 is 0 Å². The lowest BCUT2D eigenvalue weighted by Gasteiger charge is -2.26. The van der Waals surface area contributed by atoms with Crippen molar-refractivity contribution in [3.63, 3.8) is 0 Å². The summed E-state index contributed by atoms with van der Waals surface area (Å²) < 4.78 is 10.9. The Hall–Kier alpha value is -2.69. The molecule has 1 aliphatic rings. The number of benzene rings is 2. The van der Waals surface area contributed by atoms with Gasteiger partial charge in [-0.15, -0.1) is 0 Å². The third-order valence-corrected chi connectivity index (χ3v) is 4.32. The monoisotopic (exact) mass is 340 g/mol. The van der Waals surface area contributed by atoms with Gasteiger partial charge in [-0.25, -0.2) is 0 Å². The molecule has 5 heteroatoms. The Balaban J connectivity index is 1.55. The van der Waals surface area contributed by atoms with Crippen LogP contribution < -0.4 is 20.5 Å². The highest BCUT2D eigenvalue weighted by molar-refractivity contribution is 5.78. The van der Waals surface area contributed by atoms with Crippen LogP contribution in [-0.2, 0) is 11.2 Å². The number of nitrogens with one attached hydrogen (secondary N) is 1. The summed E-state index contributed by atoms with van der Waals surface area (Å²) in [6.45, 7) is 2.55. The van der Waals surface area contributed by atoms with Gasteiger partial charge in [-0.05, 0) is 73.7 Å². The first-order chi connectivity index (χ1) is 12.2. The lowest BCUT2D eigenvalue weighted by atomic mass is 9.87. The van der Waals surface area contributed by atoms with Crippen molar-refractivity contribution in [1.82, 2.24) is 5.32 Å². The van der Waals surface area contributed by atoms with E-state index in [1.54, 1.807) is 12.1 Å². The van der Waals surface area contributed by atoms with E-state index < -0.39 is 0 Å². The van der Waals surface area contributed by atoms with Crippen molar-refractivity contribution >= 4 is 11.6 Å². The molecule has 0 aliphatic heterocycles. The van der Waals surface area contributed by atoms with Gasteiger partial charge in [-0.1, -0.05) is 6.07 Å². The molecule has 0 saturated heterocycles. The zero-order valence-electron chi connectivity index (χ0n) is 14.5. The molecule has 0 radical (unpaired) electrons. The molecular weight excluding hydrogens is 316 g/mol.